The van der Waals surface area contributed by atoms with E-state index in [1.807, 2.05) is 6.08 Å². The molecule has 1 atom stereocenters. The highest BCUT2D eigenvalue weighted by Crippen LogP contribution is 2.10. The molecule has 0 fully saturated rings. The third kappa shape index (κ3) is 6.29. The maximum atomic E-state index is 3.86. The first-order valence-electron chi connectivity index (χ1n) is 6.74. The molecular formula is C14H30N2. The largest absolute Gasteiger partial charge is 0.315 e. The van der Waals surface area contributed by atoms with E-state index >= 15 is 0 Å². The van der Waals surface area contributed by atoms with E-state index in [1.165, 1.54) is 19.3 Å². The maximum absolute atomic E-state index is 3.86. The Labute approximate surface area is 102 Å². The molecule has 0 aliphatic carbocycles. The molecule has 0 heterocycles. The highest BCUT2D eigenvalue weighted by Gasteiger charge is 2.18. The molecule has 0 rings (SSSR count). The van der Waals surface area contributed by atoms with E-state index in [9.17, 15) is 0 Å². The first kappa shape index (κ1) is 15.7. The highest BCUT2D eigenvalue weighted by molar-refractivity contribution is 4.82. The van der Waals surface area contributed by atoms with Crippen molar-refractivity contribution in [2.24, 2.45) is 0 Å². The van der Waals surface area contributed by atoms with Gasteiger partial charge in [0.25, 0.3) is 0 Å². The maximum Gasteiger partial charge on any atom is 0.0226 e. The summed E-state index contributed by atoms with van der Waals surface area (Å²) in [6, 6.07) is 1.24. The van der Waals surface area contributed by atoms with Crippen LogP contribution in [0, 0.1) is 0 Å². The van der Waals surface area contributed by atoms with Crippen molar-refractivity contribution in [1.29, 1.82) is 0 Å². The summed E-state index contributed by atoms with van der Waals surface area (Å²) in [5.41, 5.74) is 0. The second kappa shape index (κ2) is 9.86. The van der Waals surface area contributed by atoms with Crippen LogP contribution in [0.15, 0.2) is 12.7 Å². The van der Waals surface area contributed by atoms with Crippen LogP contribution >= 0.6 is 0 Å². The first-order valence-corrected chi connectivity index (χ1v) is 6.74. The van der Waals surface area contributed by atoms with Crippen molar-refractivity contribution in [3.05, 3.63) is 12.7 Å². The van der Waals surface area contributed by atoms with Crippen LogP contribution in [0.1, 0.15) is 47.0 Å². The minimum absolute atomic E-state index is 0.595. The van der Waals surface area contributed by atoms with Crippen LogP contribution in [-0.4, -0.2) is 36.6 Å². The minimum Gasteiger partial charge on any atom is -0.315 e. The average molecular weight is 226 g/mol. The Balaban J connectivity index is 4.25. The number of nitrogens with one attached hydrogen (secondary N) is 1. The fraction of sp³-hybridized carbons (Fsp3) is 0.857. The Morgan fingerprint density at radius 2 is 1.94 bits per heavy atom. The van der Waals surface area contributed by atoms with Crippen LogP contribution in [0.4, 0.5) is 0 Å². The van der Waals surface area contributed by atoms with Gasteiger partial charge in [-0.15, -0.1) is 6.58 Å². The predicted molar refractivity (Wildman–Crippen MR) is 73.9 cm³/mol. The molecule has 0 aliphatic rings. The highest BCUT2D eigenvalue weighted by atomic mass is 15.2. The van der Waals surface area contributed by atoms with E-state index in [0.717, 1.165) is 19.6 Å². The fourth-order valence-corrected chi connectivity index (χ4v) is 2.09. The van der Waals surface area contributed by atoms with Gasteiger partial charge in [-0.25, -0.2) is 0 Å². The lowest BCUT2D eigenvalue weighted by atomic mass is 10.1. The van der Waals surface area contributed by atoms with Gasteiger partial charge >= 0.3 is 0 Å². The van der Waals surface area contributed by atoms with Crippen LogP contribution in [0.3, 0.4) is 0 Å². The van der Waals surface area contributed by atoms with E-state index in [1.54, 1.807) is 0 Å². The quantitative estimate of drug-likeness (QED) is 0.455. The third-order valence-electron chi connectivity index (χ3n) is 2.90. The van der Waals surface area contributed by atoms with Crippen molar-refractivity contribution in [3.8, 4) is 0 Å². The number of rotatable bonds is 10. The van der Waals surface area contributed by atoms with Crippen LogP contribution in [0.25, 0.3) is 0 Å². The predicted octanol–water partition coefficient (Wildman–Crippen LogP) is 3.05. The molecule has 1 unspecified atom stereocenters. The van der Waals surface area contributed by atoms with E-state index in [-0.39, 0.29) is 0 Å². The molecule has 0 aromatic rings. The van der Waals surface area contributed by atoms with Crippen molar-refractivity contribution >= 4 is 0 Å². The summed E-state index contributed by atoms with van der Waals surface area (Å²) in [6.45, 7) is 16.1. The smallest absolute Gasteiger partial charge is 0.0226 e. The lowest BCUT2D eigenvalue weighted by Gasteiger charge is -2.34. The number of hydrogen-bond acceptors (Lipinski definition) is 2. The van der Waals surface area contributed by atoms with E-state index in [2.05, 4.69) is 44.5 Å². The van der Waals surface area contributed by atoms with Gasteiger partial charge in [-0.1, -0.05) is 26.3 Å². The zero-order chi connectivity index (χ0) is 12.4. The summed E-state index contributed by atoms with van der Waals surface area (Å²) in [5.74, 6) is 0. The zero-order valence-electron chi connectivity index (χ0n) is 11.6. The van der Waals surface area contributed by atoms with E-state index < -0.39 is 0 Å². The summed E-state index contributed by atoms with van der Waals surface area (Å²) in [6.07, 6.45) is 5.74. The Hall–Kier alpha value is -0.340. The topological polar surface area (TPSA) is 15.3 Å². The van der Waals surface area contributed by atoms with Gasteiger partial charge in [-0.3, -0.25) is 4.90 Å². The van der Waals surface area contributed by atoms with Gasteiger partial charge in [0.2, 0.25) is 0 Å². The Bertz CT molecular complexity index is 166. The SMILES string of the molecule is C=CCN(C(C)C)C(CCC)CNCCC. The minimum atomic E-state index is 0.595. The third-order valence-corrected chi connectivity index (χ3v) is 2.90. The Morgan fingerprint density at radius 1 is 1.25 bits per heavy atom. The summed E-state index contributed by atoms with van der Waals surface area (Å²) in [7, 11) is 0. The molecule has 2 nitrogen and oxygen atoms in total. The molecule has 0 bridgehead atoms. The zero-order valence-corrected chi connectivity index (χ0v) is 11.6. The van der Waals surface area contributed by atoms with Crippen molar-refractivity contribution in [2.45, 2.75) is 59.0 Å². The summed E-state index contributed by atoms with van der Waals surface area (Å²) >= 11 is 0. The molecule has 0 aliphatic heterocycles. The molecule has 96 valence electrons. The average Bonchev–Trinajstić information content (AvgIpc) is 2.25. The number of hydrogen-bond donors (Lipinski definition) is 1. The second-order valence-electron chi connectivity index (χ2n) is 4.73. The number of nitrogens with zero attached hydrogens (tertiary/aromatic N) is 1. The van der Waals surface area contributed by atoms with Crippen LogP contribution in [0.5, 0.6) is 0 Å². The molecular weight excluding hydrogens is 196 g/mol. The lowest BCUT2D eigenvalue weighted by Crippen LogP contribution is -2.46. The van der Waals surface area contributed by atoms with Crippen LogP contribution in [-0.2, 0) is 0 Å². The fourth-order valence-electron chi connectivity index (χ4n) is 2.09. The van der Waals surface area contributed by atoms with Gasteiger partial charge in [-0.2, -0.15) is 0 Å². The van der Waals surface area contributed by atoms with Gasteiger partial charge in [0.1, 0.15) is 0 Å². The van der Waals surface area contributed by atoms with Gasteiger partial charge in [0.05, 0.1) is 0 Å². The Morgan fingerprint density at radius 3 is 2.38 bits per heavy atom. The first-order chi connectivity index (χ1) is 7.67. The standard InChI is InChI=1S/C14H30N2/c1-6-9-14(12-15-10-7-2)16(11-8-3)13(4)5/h8,13-15H,3,6-7,9-12H2,1-2,4-5H3. The molecule has 2 heteroatoms. The van der Waals surface area contributed by atoms with Crippen molar-refractivity contribution in [2.75, 3.05) is 19.6 Å². The molecule has 16 heavy (non-hydrogen) atoms. The molecule has 0 radical (unpaired) electrons. The van der Waals surface area contributed by atoms with Crippen LogP contribution in [0.2, 0.25) is 0 Å². The molecule has 1 N–H and O–H groups in total. The normalized spacial score (nSPS) is 13.4. The second-order valence-corrected chi connectivity index (χ2v) is 4.73. The monoisotopic (exact) mass is 226 g/mol. The van der Waals surface area contributed by atoms with Crippen LogP contribution < -0.4 is 5.32 Å². The van der Waals surface area contributed by atoms with Gasteiger partial charge in [-0.05, 0) is 33.2 Å². The summed E-state index contributed by atoms with van der Waals surface area (Å²) in [4.78, 5) is 2.54. The van der Waals surface area contributed by atoms with Crippen molar-refractivity contribution < 1.29 is 0 Å². The molecule has 0 spiro atoms. The van der Waals surface area contributed by atoms with Gasteiger partial charge in [0.15, 0.2) is 0 Å². The van der Waals surface area contributed by atoms with Gasteiger partial charge < -0.3 is 5.32 Å². The van der Waals surface area contributed by atoms with Crippen molar-refractivity contribution in [1.82, 2.24) is 10.2 Å². The Kier molecular flexibility index (Phi) is 9.65. The molecule has 0 saturated heterocycles. The van der Waals surface area contributed by atoms with E-state index in [4.69, 9.17) is 0 Å². The lowest BCUT2D eigenvalue weighted by molar-refractivity contribution is 0.159. The molecule has 0 saturated carbocycles. The van der Waals surface area contributed by atoms with Gasteiger partial charge in [0, 0.05) is 25.2 Å². The summed E-state index contributed by atoms with van der Waals surface area (Å²) < 4.78 is 0. The van der Waals surface area contributed by atoms with E-state index in [0.29, 0.717) is 12.1 Å². The molecule has 0 aromatic heterocycles. The van der Waals surface area contributed by atoms with Crippen molar-refractivity contribution in [3.63, 3.8) is 0 Å². The molecule has 0 amide bonds. The summed E-state index contributed by atoms with van der Waals surface area (Å²) in [5, 5.41) is 3.54. The molecule has 0 aromatic carbocycles.